The molecule has 5 nitrogen and oxygen atoms in total. The van der Waals surface area contributed by atoms with Gasteiger partial charge in [0.1, 0.15) is 0 Å². The third-order valence-corrected chi connectivity index (χ3v) is 5.94. The summed E-state index contributed by atoms with van der Waals surface area (Å²) in [5.41, 5.74) is 4.04. The van der Waals surface area contributed by atoms with Crippen LogP contribution in [0.1, 0.15) is 36.0 Å². The van der Waals surface area contributed by atoms with Crippen molar-refractivity contribution in [3.63, 3.8) is 0 Å². The van der Waals surface area contributed by atoms with Gasteiger partial charge in [-0.15, -0.1) is 0 Å². The number of anilines is 1. The maximum Gasteiger partial charge on any atom is 0.225 e. The lowest BCUT2D eigenvalue weighted by atomic mass is 10.1. The molecule has 1 aromatic rings. The Morgan fingerprint density at radius 3 is 2.41 bits per heavy atom. The van der Waals surface area contributed by atoms with Crippen LogP contribution in [0.3, 0.4) is 0 Å². The summed E-state index contributed by atoms with van der Waals surface area (Å²) in [6, 6.07) is 4.05. The number of sulfonamides is 1. The van der Waals surface area contributed by atoms with Gasteiger partial charge in [0.05, 0.1) is 5.75 Å². The van der Waals surface area contributed by atoms with E-state index in [4.69, 9.17) is 0 Å². The van der Waals surface area contributed by atoms with Crippen molar-refractivity contribution in [2.75, 3.05) is 24.2 Å². The van der Waals surface area contributed by atoms with Crippen molar-refractivity contribution in [1.82, 2.24) is 4.31 Å². The summed E-state index contributed by atoms with van der Waals surface area (Å²) in [4.78, 5) is 12.1. The Labute approximate surface area is 132 Å². The van der Waals surface area contributed by atoms with Crippen LogP contribution in [-0.4, -0.2) is 37.5 Å². The van der Waals surface area contributed by atoms with Crippen LogP contribution in [0.15, 0.2) is 12.1 Å². The summed E-state index contributed by atoms with van der Waals surface area (Å²) < 4.78 is 25.2. The highest BCUT2D eigenvalue weighted by molar-refractivity contribution is 7.89. The van der Waals surface area contributed by atoms with Crippen molar-refractivity contribution in [1.29, 1.82) is 0 Å². The van der Waals surface area contributed by atoms with Gasteiger partial charge in [-0.1, -0.05) is 17.7 Å². The van der Waals surface area contributed by atoms with E-state index in [1.807, 2.05) is 32.9 Å². The number of carbonyl (C=O) groups excluding carboxylic acids is 1. The molecule has 0 radical (unpaired) electrons. The molecule has 22 heavy (non-hydrogen) atoms. The summed E-state index contributed by atoms with van der Waals surface area (Å²) >= 11 is 0. The maximum absolute atomic E-state index is 12.1. The monoisotopic (exact) mass is 324 g/mol. The first-order valence-corrected chi connectivity index (χ1v) is 9.26. The molecule has 1 saturated heterocycles. The number of benzene rings is 1. The number of hydrogen-bond donors (Lipinski definition) is 1. The normalized spacial score (nSPS) is 18.1. The Balaban J connectivity index is 1.96. The van der Waals surface area contributed by atoms with Gasteiger partial charge in [0.25, 0.3) is 0 Å². The molecule has 1 aromatic carbocycles. The van der Waals surface area contributed by atoms with Crippen molar-refractivity contribution in [3.05, 3.63) is 28.8 Å². The van der Waals surface area contributed by atoms with E-state index in [1.165, 1.54) is 4.31 Å². The van der Waals surface area contributed by atoms with Gasteiger partial charge < -0.3 is 5.32 Å². The van der Waals surface area contributed by atoms with Gasteiger partial charge in [-0.05, 0) is 44.7 Å². The van der Waals surface area contributed by atoms with Crippen LogP contribution >= 0.6 is 0 Å². The molecule has 1 amide bonds. The Morgan fingerprint density at radius 2 is 1.82 bits per heavy atom. The molecule has 0 aliphatic carbocycles. The third kappa shape index (κ3) is 4.08. The molecule has 1 heterocycles. The topological polar surface area (TPSA) is 66.5 Å². The molecule has 1 fully saturated rings. The van der Waals surface area contributed by atoms with E-state index in [9.17, 15) is 13.2 Å². The molecule has 0 aromatic heterocycles. The van der Waals surface area contributed by atoms with Crippen molar-refractivity contribution in [3.8, 4) is 0 Å². The lowest BCUT2D eigenvalue weighted by molar-refractivity contribution is -0.116. The molecule has 1 aliphatic heterocycles. The van der Waals surface area contributed by atoms with Gasteiger partial charge >= 0.3 is 0 Å². The highest BCUT2D eigenvalue weighted by Crippen LogP contribution is 2.22. The average Bonchev–Trinajstić information content (AvgIpc) is 2.41. The van der Waals surface area contributed by atoms with Crippen molar-refractivity contribution in [2.24, 2.45) is 0 Å². The van der Waals surface area contributed by atoms with Crippen LogP contribution in [0.2, 0.25) is 0 Å². The largest absolute Gasteiger partial charge is 0.326 e. The van der Waals surface area contributed by atoms with Crippen LogP contribution in [-0.2, 0) is 14.8 Å². The van der Waals surface area contributed by atoms with E-state index in [1.54, 1.807) is 0 Å². The quantitative estimate of drug-likeness (QED) is 0.924. The van der Waals surface area contributed by atoms with Gasteiger partial charge in [-0.3, -0.25) is 4.79 Å². The maximum atomic E-state index is 12.1. The van der Waals surface area contributed by atoms with E-state index < -0.39 is 10.0 Å². The summed E-state index contributed by atoms with van der Waals surface area (Å²) in [7, 11) is -3.16. The molecule has 122 valence electrons. The molecular weight excluding hydrogens is 300 g/mol. The van der Waals surface area contributed by atoms with Crippen molar-refractivity contribution < 1.29 is 13.2 Å². The summed E-state index contributed by atoms with van der Waals surface area (Å²) in [5.74, 6) is 0.0565. The Bertz CT molecular complexity index is 645. The predicted molar refractivity (Wildman–Crippen MR) is 88.5 cm³/mol. The standard InChI is InChI=1S/C16H24N2O3S/c1-12-10-13(2)16(14(3)11-12)17-15(19)6-8-18-7-4-5-9-22(18,20)21/h10-11H,4-9H2,1-3H3,(H,17,19). The lowest BCUT2D eigenvalue weighted by Gasteiger charge is -2.26. The number of carbonyl (C=O) groups is 1. The highest BCUT2D eigenvalue weighted by Gasteiger charge is 2.25. The molecule has 1 N–H and O–H groups in total. The van der Waals surface area contributed by atoms with E-state index in [0.29, 0.717) is 13.0 Å². The molecule has 0 spiro atoms. The lowest BCUT2D eigenvalue weighted by Crippen LogP contribution is -2.39. The van der Waals surface area contributed by atoms with Crippen LogP contribution in [0.25, 0.3) is 0 Å². The fourth-order valence-electron chi connectivity index (χ4n) is 2.90. The molecule has 0 atom stereocenters. The number of amides is 1. The molecule has 0 saturated carbocycles. The van der Waals surface area contributed by atoms with Crippen molar-refractivity contribution >= 4 is 21.6 Å². The fourth-order valence-corrected chi connectivity index (χ4v) is 4.50. The number of rotatable bonds is 4. The van der Waals surface area contributed by atoms with E-state index in [0.717, 1.165) is 28.8 Å². The third-order valence-electron chi connectivity index (χ3n) is 3.98. The molecule has 1 aliphatic rings. The van der Waals surface area contributed by atoms with Crippen molar-refractivity contribution in [2.45, 2.75) is 40.0 Å². The zero-order valence-electron chi connectivity index (χ0n) is 13.5. The number of nitrogens with one attached hydrogen (secondary N) is 1. The number of hydrogen-bond acceptors (Lipinski definition) is 3. The smallest absolute Gasteiger partial charge is 0.225 e. The average molecular weight is 324 g/mol. The number of nitrogens with zero attached hydrogens (tertiary/aromatic N) is 1. The second kappa shape index (κ2) is 6.79. The van der Waals surface area contributed by atoms with Crippen LogP contribution < -0.4 is 5.32 Å². The Hall–Kier alpha value is -1.40. The first kappa shape index (κ1) is 17.0. The Morgan fingerprint density at radius 1 is 1.18 bits per heavy atom. The Kier molecular flexibility index (Phi) is 5.24. The predicted octanol–water partition coefficient (Wildman–Crippen LogP) is 2.37. The summed E-state index contributed by atoms with van der Waals surface area (Å²) in [6.45, 7) is 6.73. The molecule has 0 bridgehead atoms. The second-order valence-electron chi connectivity index (χ2n) is 5.99. The summed E-state index contributed by atoms with van der Waals surface area (Å²) in [6.07, 6.45) is 1.77. The van der Waals surface area contributed by atoms with E-state index >= 15 is 0 Å². The zero-order chi connectivity index (χ0) is 16.3. The fraction of sp³-hybridized carbons (Fsp3) is 0.562. The van der Waals surface area contributed by atoms with E-state index in [-0.39, 0.29) is 24.6 Å². The molecule has 6 heteroatoms. The highest BCUT2D eigenvalue weighted by atomic mass is 32.2. The van der Waals surface area contributed by atoms with Gasteiger partial charge in [-0.25, -0.2) is 12.7 Å². The molecule has 0 unspecified atom stereocenters. The minimum Gasteiger partial charge on any atom is -0.326 e. The first-order valence-electron chi connectivity index (χ1n) is 7.65. The van der Waals surface area contributed by atoms with Crippen LogP contribution in [0, 0.1) is 20.8 Å². The summed E-state index contributed by atoms with van der Waals surface area (Å²) in [5, 5.41) is 2.91. The number of aryl methyl sites for hydroxylation is 3. The van der Waals surface area contributed by atoms with Gasteiger partial charge in [0.2, 0.25) is 15.9 Å². The second-order valence-corrected chi connectivity index (χ2v) is 8.08. The molecule has 2 rings (SSSR count). The SMILES string of the molecule is Cc1cc(C)c(NC(=O)CCN2CCCCS2(=O)=O)c(C)c1. The first-order chi connectivity index (χ1) is 10.3. The molecular formula is C16H24N2O3S. The zero-order valence-corrected chi connectivity index (χ0v) is 14.3. The van der Waals surface area contributed by atoms with Gasteiger partial charge in [0, 0.05) is 25.2 Å². The van der Waals surface area contributed by atoms with Crippen LogP contribution in [0.4, 0.5) is 5.69 Å². The van der Waals surface area contributed by atoms with E-state index in [2.05, 4.69) is 5.32 Å². The van der Waals surface area contributed by atoms with Gasteiger partial charge in [0.15, 0.2) is 0 Å². The minimum atomic E-state index is -3.16. The van der Waals surface area contributed by atoms with Gasteiger partial charge in [-0.2, -0.15) is 0 Å². The minimum absolute atomic E-state index is 0.143. The van der Waals surface area contributed by atoms with Crippen LogP contribution in [0.5, 0.6) is 0 Å².